The van der Waals surface area contributed by atoms with E-state index < -0.39 is 5.54 Å². The lowest BCUT2D eigenvalue weighted by Crippen LogP contribution is -2.40. The van der Waals surface area contributed by atoms with E-state index in [1.165, 1.54) is 5.56 Å². The van der Waals surface area contributed by atoms with Crippen molar-refractivity contribution in [1.29, 1.82) is 0 Å². The highest BCUT2D eigenvalue weighted by molar-refractivity contribution is 5.97. The van der Waals surface area contributed by atoms with Gasteiger partial charge in [0.1, 0.15) is 5.69 Å². The van der Waals surface area contributed by atoms with Crippen molar-refractivity contribution in [3.05, 3.63) is 46.3 Å². The Morgan fingerprint density at radius 3 is 2.30 bits per heavy atom. The third kappa shape index (κ3) is 4.38. The molecule has 1 amide bonds. The quantitative estimate of drug-likeness (QED) is 0.899. The van der Waals surface area contributed by atoms with Gasteiger partial charge in [-0.05, 0) is 64.5 Å². The monoisotopic (exact) mass is 369 g/mol. The summed E-state index contributed by atoms with van der Waals surface area (Å²) in [6, 6.07) is 4.18. The molecular weight excluding hydrogens is 338 g/mol. The van der Waals surface area contributed by atoms with Gasteiger partial charge >= 0.3 is 0 Å². The maximum Gasteiger partial charge on any atom is 0.254 e. The van der Waals surface area contributed by atoms with Crippen LogP contribution in [0.15, 0.2) is 18.3 Å². The molecule has 2 aromatic rings. The van der Waals surface area contributed by atoms with Gasteiger partial charge in [0.05, 0.1) is 11.7 Å². The number of carbonyl (C=O) groups is 1. The van der Waals surface area contributed by atoms with E-state index >= 15 is 0 Å². The number of amides is 1. The lowest BCUT2D eigenvalue weighted by molar-refractivity contribution is 0.0679. The molecule has 1 aromatic carbocycles. The zero-order valence-corrected chi connectivity index (χ0v) is 17.1. The Balaban J connectivity index is 1.61. The van der Waals surface area contributed by atoms with Crippen LogP contribution in [-0.4, -0.2) is 38.9 Å². The molecule has 1 aliphatic rings. The summed E-state index contributed by atoms with van der Waals surface area (Å²) in [6.45, 7) is 12.4. The van der Waals surface area contributed by atoms with Crippen LogP contribution in [0, 0.1) is 26.7 Å². The molecule has 2 N–H and O–H groups in total. The van der Waals surface area contributed by atoms with Crippen molar-refractivity contribution in [2.45, 2.75) is 59.5 Å². The summed E-state index contributed by atoms with van der Waals surface area (Å²) in [5.74, 6) is 0.668. The van der Waals surface area contributed by atoms with Gasteiger partial charge in [0.25, 0.3) is 5.91 Å². The minimum Gasteiger partial charge on any atom is -0.339 e. The third-order valence-electron chi connectivity index (χ3n) is 5.44. The summed E-state index contributed by atoms with van der Waals surface area (Å²) in [6.07, 6.45) is 3.91. The highest BCUT2D eigenvalue weighted by atomic mass is 16.2. The van der Waals surface area contributed by atoms with Gasteiger partial charge in [0, 0.05) is 25.2 Å². The molecule has 1 saturated heterocycles. The van der Waals surface area contributed by atoms with Gasteiger partial charge in [-0.2, -0.15) is 0 Å². The Morgan fingerprint density at radius 2 is 1.78 bits per heavy atom. The van der Waals surface area contributed by atoms with Crippen molar-refractivity contribution in [3.63, 3.8) is 0 Å². The summed E-state index contributed by atoms with van der Waals surface area (Å²) in [7, 11) is 0. The molecule has 6 nitrogen and oxygen atoms in total. The van der Waals surface area contributed by atoms with Crippen LogP contribution < -0.4 is 5.73 Å². The Hall–Kier alpha value is -2.21. The third-order valence-corrected chi connectivity index (χ3v) is 5.44. The average molecular weight is 370 g/mol. The van der Waals surface area contributed by atoms with Gasteiger partial charge in [0.15, 0.2) is 0 Å². The summed E-state index contributed by atoms with van der Waals surface area (Å²) < 4.78 is 1.89. The molecule has 2 heterocycles. The molecule has 27 heavy (non-hydrogen) atoms. The van der Waals surface area contributed by atoms with Crippen LogP contribution in [0.2, 0.25) is 0 Å². The van der Waals surface area contributed by atoms with E-state index in [2.05, 4.69) is 29.4 Å². The number of hydrogen-bond acceptors (Lipinski definition) is 4. The van der Waals surface area contributed by atoms with Crippen molar-refractivity contribution in [1.82, 2.24) is 19.9 Å². The number of aromatic nitrogens is 3. The van der Waals surface area contributed by atoms with Crippen LogP contribution in [0.25, 0.3) is 0 Å². The molecule has 1 aliphatic heterocycles. The molecule has 0 atom stereocenters. The Morgan fingerprint density at radius 1 is 1.19 bits per heavy atom. The maximum atomic E-state index is 13.0. The first kappa shape index (κ1) is 19.5. The smallest absolute Gasteiger partial charge is 0.254 e. The second-order valence-electron chi connectivity index (χ2n) is 8.56. The lowest BCUT2D eigenvalue weighted by atomic mass is 9.94. The molecule has 0 bridgehead atoms. The number of hydrogen-bond donors (Lipinski definition) is 1. The molecular formula is C21H31N5O. The summed E-state index contributed by atoms with van der Waals surface area (Å²) in [5, 5.41) is 8.40. The summed E-state index contributed by atoms with van der Waals surface area (Å²) >= 11 is 0. The Labute approximate surface area is 161 Å². The van der Waals surface area contributed by atoms with Crippen molar-refractivity contribution in [2.24, 2.45) is 11.7 Å². The van der Waals surface area contributed by atoms with Gasteiger partial charge in [-0.15, -0.1) is 5.10 Å². The molecule has 0 radical (unpaired) electrons. The molecule has 0 spiro atoms. The first-order valence-electron chi connectivity index (χ1n) is 9.72. The molecule has 0 saturated carbocycles. The Bertz CT molecular complexity index is 802. The van der Waals surface area contributed by atoms with Crippen molar-refractivity contribution < 1.29 is 4.79 Å². The molecule has 6 heteroatoms. The summed E-state index contributed by atoms with van der Waals surface area (Å²) in [4.78, 5) is 15.0. The molecule has 146 valence electrons. The lowest BCUT2D eigenvalue weighted by Gasteiger charge is -2.32. The van der Waals surface area contributed by atoms with Crippen molar-refractivity contribution in [2.75, 3.05) is 13.1 Å². The minimum atomic E-state index is -0.474. The number of nitrogens with zero attached hydrogens (tertiary/aromatic N) is 4. The standard InChI is InChI=1S/C21H31N5O/c1-14-10-15(2)19(16(3)11-14)20(27)25-8-6-17(7-9-25)12-26-13-18(23-24-26)21(4,5)22/h10-11,13,17H,6-9,12,22H2,1-5H3. The molecule has 3 rings (SSSR count). The highest BCUT2D eigenvalue weighted by Crippen LogP contribution is 2.24. The zero-order valence-electron chi connectivity index (χ0n) is 17.1. The number of rotatable bonds is 4. The number of piperidine rings is 1. The average Bonchev–Trinajstić information content (AvgIpc) is 3.03. The van der Waals surface area contributed by atoms with E-state index in [1.54, 1.807) is 0 Å². The van der Waals surface area contributed by atoms with Crippen molar-refractivity contribution >= 4 is 5.91 Å². The van der Waals surface area contributed by atoms with Crippen LogP contribution in [0.3, 0.4) is 0 Å². The van der Waals surface area contributed by atoms with Gasteiger partial charge in [-0.25, -0.2) is 0 Å². The number of benzene rings is 1. The molecule has 0 aliphatic carbocycles. The van der Waals surface area contributed by atoms with Gasteiger partial charge < -0.3 is 10.6 Å². The predicted molar refractivity (Wildman–Crippen MR) is 107 cm³/mol. The second kappa shape index (κ2) is 7.43. The van der Waals surface area contributed by atoms with E-state index in [4.69, 9.17) is 5.73 Å². The minimum absolute atomic E-state index is 0.163. The van der Waals surface area contributed by atoms with Crippen LogP contribution in [0.5, 0.6) is 0 Å². The van der Waals surface area contributed by atoms with Crippen molar-refractivity contribution in [3.8, 4) is 0 Å². The van der Waals surface area contributed by atoms with Crippen LogP contribution >= 0.6 is 0 Å². The molecule has 0 unspecified atom stereocenters. The Kier molecular flexibility index (Phi) is 5.38. The van der Waals surface area contributed by atoms with E-state index in [-0.39, 0.29) is 5.91 Å². The fourth-order valence-corrected chi connectivity index (χ4v) is 3.94. The summed E-state index contributed by atoms with van der Waals surface area (Å²) in [5.41, 5.74) is 10.6. The fraction of sp³-hybridized carbons (Fsp3) is 0.571. The molecule has 1 fully saturated rings. The number of nitrogens with two attached hydrogens (primary N) is 1. The van der Waals surface area contributed by atoms with Crippen LogP contribution in [0.1, 0.15) is 59.4 Å². The molecule has 1 aromatic heterocycles. The SMILES string of the molecule is Cc1cc(C)c(C(=O)N2CCC(Cn3cc(C(C)(C)N)nn3)CC2)c(C)c1. The van der Waals surface area contributed by atoms with Gasteiger partial charge in [0.2, 0.25) is 0 Å². The largest absolute Gasteiger partial charge is 0.339 e. The zero-order chi connectivity index (χ0) is 19.8. The van der Waals surface area contributed by atoms with Crippen LogP contribution in [-0.2, 0) is 12.1 Å². The van der Waals surface area contributed by atoms with Gasteiger partial charge in [-0.3, -0.25) is 9.48 Å². The predicted octanol–water partition coefficient (Wildman–Crippen LogP) is 2.95. The normalized spacial score (nSPS) is 16.0. The first-order valence-corrected chi connectivity index (χ1v) is 9.72. The van der Waals surface area contributed by atoms with Gasteiger partial charge in [-0.1, -0.05) is 22.9 Å². The topological polar surface area (TPSA) is 77.0 Å². The number of likely N-dealkylation sites (tertiary alicyclic amines) is 1. The van der Waals surface area contributed by atoms with E-state index in [0.717, 1.165) is 54.9 Å². The first-order chi connectivity index (χ1) is 12.6. The van der Waals surface area contributed by atoms with E-state index in [0.29, 0.717) is 5.92 Å². The second-order valence-corrected chi connectivity index (χ2v) is 8.56. The fourth-order valence-electron chi connectivity index (χ4n) is 3.94. The number of carbonyl (C=O) groups excluding carboxylic acids is 1. The maximum absolute atomic E-state index is 13.0. The highest BCUT2D eigenvalue weighted by Gasteiger charge is 2.26. The number of aryl methyl sites for hydroxylation is 3. The van der Waals surface area contributed by atoms with E-state index in [1.807, 2.05) is 43.5 Å². The van der Waals surface area contributed by atoms with E-state index in [9.17, 15) is 4.79 Å². The van der Waals surface area contributed by atoms with Crippen LogP contribution in [0.4, 0.5) is 0 Å².